The Morgan fingerprint density at radius 1 is 1.25 bits per heavy atom. The van der Waals surface area contributed by atoms with E-state index in [9.17, 15) is 14.7 Å². The predicted molar refractivity (Wildman–Crippen MR) is 83.5 cm³/mol. The van der Waals surface area contributed by atoms with Crippen molar-refractivity contribution in [1.82, 2.24) is 4.90 Å². The largest absolute Gasteiger partial charge is 0.503 e. The summed E-state index contributed by atoms with van der Waals surface area (Å²) >= 11 is 0. The summed E-state index contributed by atoms with van der Waals surface area (Å²) in [6.07, 6.45) is 2.84. The molecule has 7 heteroatoms. The molecule has 126 valence electrons. The Hall–Kier alpha value is -2.80. The SMILES string of the molecule is C[NH+](C)CCN1C(=O)C(O)=C(C(=O)c2ccco2)[C@H]1c1ccco1. The number of aliphatic hydroxyl groups excluding tert-OH is 1. The Labute approximate surface area is 138 Å². The molecular weight excluding hydrogens is 312 g/mol. The van der Waals surface area contributed by atoms with Crippen LogP contribution in [0, 0.1) is 0 Å². The number of carbonyl (C=O) groups excluding carboxylic acids is 2. The number of quaternary nitrogens is 1. The maximum Gasteiger partial charge on any atom is 0.290 e. The summed E-state index contributed by atoms with van der Waals surface area (Å²) in [5.41, 5.74) is -0.0151. The van der Waals surface area contributed by atoms with Gasteiger partial charge in [0.15, 0.2) is 11.5 Å². The summed E-state index contributed by atoms with van der Waals surface area (Å²) in [4.78, 5) is 27.8. The fourth-order valence-electron chi connectivity index (χ4n) is 2.74. The molecular formula is C17H19N2O5+. The average Bonchev–Trinajstić information content (AvgIpc) is 3.27. The molecule has 3 rings (SSSR count). The molecule has 1 aliphatic rings. The molecule has 2 aromatic rings. The van der Waals surface area contributed by atoms with E-state index in [1.165, 1.54) is 23.5 Å². The Morgan fingerprint density at radius 2 is 1.96 bits per heavy atom. The molecule has 7 nitrogen and oxygen atoms in total. The van der Waals surface area contributed by atoms with Crippen molar-refractivity contribution in [2.24, 2.45) is 0 Å². The van der Waals surface area contributed by atoms with Gasteiger partial charge in [-0.2, -0.15) is 0 Å². The van der Waals surface area contributed by atoms with Crippen LogP contribution in [0.15, 0.2) is 57.0 Å². The number of Topliss-reactive ketones (excluding diaryl/α,β-unsaturated/α-hetero) is 1. The lowest BCUT2D eigenvalue weighted by Crippen LogP contribution is -3.06. The number of hydrogen-bond donors (Lipinski definition) is 2. The van der Waals surface area contributed by atoms with Crippen LogP contribution in [0.5, 0.6) is 0 Å². The van der Waals surface area contributed by atoms with Gasteiger partial charge in [0, 0.05) is 0 Å². The van der Waals surface area contributed by atoms with E-state index in [0.29, 0.717) is 18.8 Å². The highest BCUT2D eigenvalue weighted by atomic mass is 16.3. The third kappa shape index (κ3) is 2.74. The topological polar surface area (TPSA) is 88.3 Å². The maximum absolute atomic E-state index is 12.7. The first-order valence-corrected chi connectivity index (χ1v) is 7.65. The number of carbonyl (C=O) groups is 2. The Bertz CT molecular complexity index is 759. The van der Waals surface area contributed by atoms with Crippen LogP contribution in [0.4, 0.5) is 0 Å². The van der Waals surface area contributed by atoms with E-state index in [4.69, 9.17) is 8.83 Å². The van der Waals surface area contributed by atoms with Gasteiger partial charge in [0.25, 0.3) is 5.91 Å². The van der Waals surface area contributed by atoms with E-state index in [-0.39, 0.29) is 11.3 Å². The van der Waals surface area contributed by atoms with Crippen LogP contribution in [0.3, 0.4) is 0 Å². The minimum atomic E-state index is -0.760. The number of furan rings is 2. The number of amides is 1. The molecule has 0 unspecified atom stereocenters. The minimum Gasteiger partial charge on any atom is -0.503 e. The van der Waals surface area contributed by atoms with Crippen molar-refractivity contribution in [3.05, 3.63) is 59.6 Å². The van der Waals surface area contributed by atoms with Crippen molar-refractivity contribution in [3.8, 4) is 0 Å². The molecule has 0 saturated heterocycles. The van der Waals surface area contributed by atoms with Crippen molar-refractivity contribution < 1.29 is 28.4 Å². The van der Waals surface area contributed by atoms with Gasteiger partial charge in [-0.05, 0) is 24.3 Å². The normalized spacial score (nSPS) is 18.0. The average molecular weight is 331 g/mol. The fraction of sp³-hybridized carbons (Fsp3) is 0.294. The molecule has 2 aromatic heterocycles. The van der Waals surface area contributed by atoms with Gasteiger partial charge in [0.1, 0.15) is 11.8 Å². The maximum atomic E-state index is 12.7. The number of aliphatic hydroxyl groups is 1. The molecule has 0 saturated carbocycles. The zero-order valence-electron chi connectivity index (χ0n) is 13.5. The first-order valence-electron chi connectivity index (χ1n) is 7.65. The van der Waals surface area contributed by atoms with Crippen LogP contribution in [0.1, 0.15) is 22.4 Å². The number of nitrogens with zero attached hydrogens (tertiary/aromatic N) is 1. The first kappa shape index (κ1) is 16.1. The van der Waals surface area contributed by atoms with Crippen molar-refractivity contribution >= 4 is 11.7 Å². The second-order valence-corrected chi connectivity index (χ2v) is 5.94. The summed E-state index contributed by atoms with van der Waals surface area (Å²) in [7, 11) is 3.93. The smallest absolute Gasteiger partial charge is 0.290 e. The first-order chi connectivity index (χ1) is 11.5. The van der Waals surface area contributed by atoms with Gasteiger partial charge in [-0.15, -0.1) is 0 Å². The summed E-state index contributed by atoms with van der Waals surface area (Å²) in [6.45, 7) is 1.05. The molecule has 0 radical (unpaired) electrons. The molecule has 0 fully saturated rings. The quantitative estimate of drug-likeness (QED) is 0.757. The Balaban J connectivity index is 2.01. The summed E-state index contributed by atoms with van der Waals surface area (Å²) in [5.74, 6) is -1.15. The molecule has 0 aliphatic carbocycles. The number of rotatable bonds is 6. The van der Waals surface area contributed by atoms with E-state index in [0.717, 1.165) is 4.90 Å². The lowest BCUT2D eigenvalue weighted by molar-refractivity contribution is -0.857. The standard InChI is InChI=1S/C17H18N2O5/c1-18(2)7-8-19-14(11-5-3-9-23-11)13(16(21)17(19)22)15(20)12-6-4-10-24-12/h3-6,9-10,14,21H,7-8H2,1-2H3/p+1/t14-/m1/s1. The minimum absolute atomic E-state index is 0.0151. The molecule has 3 heterocycles. The zero-order valence-corrected chi connectivity index (χ0v) is 13.5. The fourth-order valence-corrected chi connectivity index (χ4v) is 2.74. The van der Waals surface area contributed by atoms with Gasteiger partial charge < -0.3 is 23.7 Å². The van der Waals surface area contributed by atoms with Crippen LogP contribution in [-0.2, 0) is 4.79 Å². The van der Waals surface area contributed by atoms with Crippen LogP contribution in [-0.4, -0.2) is 48.9 Å². The van der Waals surface area contributed by atoms with Gasteiger partial charge in [0.2, 0.25) is 5.78 Å². The van der Waals surface area contributed by atoms with E-state index < -0.39 is 23.5 Å². The predicted octanol–water partition coefficient (Wildman–Crippen LogP) is 0.595. The molecule has 24 heavy (non-hydrogen) atoms. The lowest BCUT2D eigenvalue weighted by atomic mass is 10.00. The molecule has 1 amide bonds. The van der Waals surface area contributed by atoms with Crippen molar-refractivity contribution in [3.63, 3.8) is 0 Å². The number of nitrogens with one attached hydrogen (secondary N) is 1. The Morgan fingerprint density at radius 3 is 2.54 bits per heavy atom. The highest BCUT2D eigenvalue weighted by molar-refractivity contribution is 6.14. The summed E-state index contributed by atoms with van der Waals surface area (Å²) in [5, 5.41) is 10.3. The molecule has 1 aliphatic heterocycles. The van der Waals surface area contributed by atoms with E-state index in [1.54, 1.807) is 18.2 Å². The molecule has 0 bridgehead atoms. The summed E-state index contributed by atoms with van der Waals surface area (Å²) in [6, 6.07) is 5.68. The number of ketones is 1. The van der Waals surface area contributed by atoms with E-state index >= 15 is 0 Å². The molecule has 0 aromatic carbocycles. The third-order valence-electron chi connectivity index (χ3n) is 3.96. The zero-order chi connectivity index (χ0) is 17.3. The van der Waals surface area contributed by atoms with Crippen LogP contribution >= 0.6 is 0 Å². The third-order valence-corrected chi connectivity index (χ3v) is 3.96. The van der Waals surface area contributed by atoms with Gasteiger partial charge in [-0.25, -0.2) is 0 Å². The lowest BCUT2D eigenvalue weighted by Gasteiger charge is -2.24. The summed E-state index contributed by atoms with van der Waals surface area (Å²) < 4.78 is 10.6. The highest BCUT2D eigenvalue weighted by Crippen LogP contribution is 2.38. The van der Waals surface area contributed by atoms with Crippen molar-refractivity contribution in [2.45, 2.75) is 6.04 Å². The van der Waals surface area contributed by atoms with Crippen LogP contribution in [0.2, 0.25) is 0 Å². The number of hydrogen-bond acceptors (Lipinski definition) is 5. The Kier molecular flexibility index (Phi) is 4.26. The van der Waals surface area contributed by atoms with Gasteiger partial charge in [0.05, 0.1) is 45.3 Å². The van der Waals surface area contributed by atoms with E-state index in [2.05, 4.69) is 0 Å². The van der Waals surface area contributed by atoms with Gasteiger partial charge in [-0.1, -0.05) is 0 Å². The number of likely N-dealkylation sites (N-methyl/N-ethyl adjacent to an activating group) is 1. The monoisotopic (exact) mass is 331 g/mol. The van der Waals surface area contributed by atoms with Crippen molar-refractivity contribution in [1.29, 1.82) is 0 Å². The second kappa shape index (κ2) is 6.37. The molecule has 1 atom stereocenters. The van der Waals surface area contributed by atoms with Gasteiger partial charge >= 0.3 is 0 Å². The molecule has 0 spiro atoms. The second-order valence-electron chi connectivity index (χ2n) is 5.94. The van der Waals surface area contributed by atoms with E-state index in [1.807, 2.05) is 14.1 Å². The molecule has 2 N–H and O–H groups in total. The van der Waals surface area contributed by atoms with Crippen LogP contribution < -0.4 is 4.90 Å². The van der Waals surface area contributed by atoms with Gasteiger partial charge in [-0.3, -0.25) is 9.59 Å². The highest BCUT2D eigenvalue weighted by Gasteiger charge is 2.45. The van der Waals surface area contributed by atoms with Crippen molar-refractivity contribution in [2.75, 3.05) is 27.2 Å². The van der Waals surface area contributed by atoms with Crippen LogP contribution in [0.25, 0.3) is 0 Å².